The molecule has 0 aliphatic rings. The molecule has 0 unspecified atom stereocenters. The summed E-state index contributed by atoms with van der Waals surface area (Å²) in [7, 11) is 0. The van der Waals surface area contributed by atoms with Crippen molar-refractivity contribution in [2.24, 2.45) is 0 Å². The number of halogens is 3. The van der Waals surface area contributed by atoms with E-state index in [1.165, 1.54) is 49.8 Å². The van der Waals surface area contributed by atoms with Gasteiger partial charge in [0.2, 0.25) is 0 Å². The lowest BCUT2D eigenvalue weighted by Gasteiger charge is -2.11. The first-order valence-electron chi connectivity index (χ1n) is 11.3. The van der Waals surface area contributed by atoms with Gasteiger partial charge in [0.1, 0.15) is 11.6 Å². The number of rotatable bonds is 9. The van der Waals surface area contributed by atoms with E-state index in [4.69, 9.17) is 0 Å². The Balaban J connectivity index is 1.60. The maximum atomic E-state index is 15.4. The molecule has 0 saturated carbocycles. The molecule has 0 N–H and O–H groups in total. The molecule has 0 radical (unpaired) electrons. The molecule has 0 aliphatic heterocycles. The Labute approximate surface area is 186 Å². The predicted molar refractivity (Wildman–Crippen MR) is 126 cm³/mol. The van der Waals surface area contributed by atoms with Crippen LogP contribution in [0.1, 0.15) is 44.6 Å². The van der Waals surface area contributed by atoms with Crippen molar-refractivity contribution in [2.45, 2.75) is 52.1 Å². The highest BCUT2D eigenvalue weighted by atomic mass is 19.3. The van der Waals surface area contributed by atoms with Crippen molar-refractivity contribution < 1.29 is 17.9 Å². The fourth-order valence-corrected chi connectivity index (χ4v) is 4.29. The molecule has 0 aliphatic carbocycles. The van der Waals surface area contributed by atoms with Crippen molar-refractivity contribution in [3.63, 3.8) is 0 Å². The third kappa shape index (κ3) is 4.90. The van der Waals surface area contributed by atoms with Crippen LogP contribution in [0.5, 0.6) is 5.75 Å². The second kappa shape index (κ2) is 10.1. The number of unbranched alkanes of at least 4 members (excludes halogenated alkanes) is 4. The van der Waals surface area contributed by atoms with E-state index in [1.54, 1.807) is 18.2 Å². The van der Waals surface area contributed by atoms with E-state index in [2.05, 4.69) is 29.9 Å². The predicted octanol–water partition coefficient (Wildman–Crippen LogP) is 8.91. The van der Waals surface area contributed by atoms with Gasteiger partial charge in [0.05, 0.1) is 0 Å². The molecule has 0 heterocycles. The van der Waals surface area contributed by atoms with Crippen LogP contribution in [-0.4, -0.2) is 6.61 Å². The third-order valence-corrected chi connectivity index (χ3v) is 5.97. The van der Waals surface area contributed by atoms with Crippen molar-refractivity contribution in [3.05, 3.63) is 78.1 Å². The molecule has 166 valence electrons. The highest BCUT2D eigenvalue weighted by Gasteiger charge is 2.12. The molecule has 0 spiro atoms. The number of alkyl halides is 2. The first kappa shape index (κ1) is 22.2. The van der Waals surface area contributed by atoms with Crippen molar-refractivity contribution >= 4 is 21.5 Å². The lowest BCUT2D eigenvalue weighted by Crippen LogP contribution is -2.01. The number of benzene rings is 4. The molecule has 0 atom stereocenters. The van der Waals surface area contributed by atoms with E-state index in [1.807, 2.05) is 18.2 Å². The van der Waals surface area contributed by atoms with E-state index in [0.717, 1.165) is 22.6 Å². The van der Waals surface area contributed by atoms with Crippen LogP contribution in [0.25, 0.3) is 32.7 Å². The van der Waals surface area contributed by atoms with Gasteiger partial charge in [-0.1, -0.05) is 87.2 Å². The molecule has 0 fully saturated rings. The van der Waals surface area contributed by atoms with E-state index in [-0.39, 0.29) is 11.6 Å². The molecule has 1 nitrogen and oxygen atoms in total. The Kier molecular flexibility index (Phi) is 6.99. The molecular formula is C28H27F3O. The average Bonchev–Trinajstić information content (AvgIpc) is 2.79. The van der Waals surface area contributed by atoms with Crippen molar-refractivity contribution in [2.75, 3.05) is 0 Å². The summed E-state index contributed by atoms with van der Waals surface area (Å²) in [6, 6.07) is 20.0. The van der Waals surface area contributed by atoms with Crippen LogP contribution in [0.3, 0.4) is 0 Å². The maximum Gasteiger partial charge on any atom is 0.387 e. The first-order chi connectivity index (χ1) is 15.6. The normalized spacial score (nSPS) is 11.5. The van der Waals surface area contributed by atoms with Gasteiger partial charge in [0.15, 0.2) is 0 Å². The van der Waals surface area contributed by atoms with Crippen molar-refractivity contribution in [1.29, 1.82) is 0 Å². The van der Waals surface area contributed by atoms with Crippen LogP contribution in [-0.2, 0) is 6.42 Å². The van der Waals surface area contributed by atoms with E-state index >= 15 is 4.39 Å². The lowest BCUT2D eigenvalue weighted by molar-refractivity contribution is -0.0498. The summed E-state index contributed by atoms with van der Waals surface area (Å²) >= 11 is 0. The van der Waals surface area contributed by atoms with Gasteiger partial charge in [0, 0.05) is 10.9 Å². The number of fused-ring (bicyclic) bond motifs is 3. The van der Waals surface area contributed by atoms with Crippen LogP contribution in [0.15, 0.2) is 66.7 Å². The second-order valence-corrected chi connectivity index (χ2v) is 8.21. The molecule has 4 heteroatoms. The minimum absolute atomic E-state index is 0.0529. The van der Waals surface area contributed by atoms with Crippen LogP contribution >= 0.6 is 0 Å². The third-order valence-electron chi connectivity index (χ3n) is 5.97. The molecule has 4 rings (SSSR count). The van der Waals surface area contributed by atoms with Gasteiger partial charge in [-0.15, -0.1) is 0 Å². The monoisotopic (exact) mass is 436 g/mol. The molecular weight excluding hydrogens is 409 g/mol. The Morgan fingerprint density at radius 3 is 2.22 bits per heavy atom. The smallest absolute Gasteiger partial charge is 0.387 e. The Morgan fingerprint density at radius 2 is 1.47 bits per heavy atom. The summed E-state index contributed by atoms with van der Waals surface area (Å²) in [5.41, 5.74) is 2.37. The number of hydrogen-bond donors (Lipinski definition) is 0. The lowest BCUT2D eigenvalue weighted by atomic mass is 9.95. The van der Waals surface area contributed by atoms with Gasteiger partial charge in [-0.3, -0.25) is 0 Å². The summed E-state index contributed by atoms with van der Waals surface area (Å²) < 4.78 is 44.5. The van der Waals surface area contributed by atoms with Gasteiger partial charge in [-0.05, 0) is 52.3 Å². The SMILES string of the molecule is CCCCCCCc1ccc2c(ccc3c(F)c(-c4ccc(OC(F)F)cc4)ccc32)c1. The quantitative estimate of drug-likeness (QED) is 0.188. The Hall–Kier alpha value is -3.01. The summed E-state index contributed by atoms with van der Waals surface area (Å²) in [4.78, 5) is 0. The van der Waals surface area contributed by atoms with Gasteiger partial charge < -0.3 is 4.74 Å². The summed E-state index contributed by atoms with van der Waals surface area (Å²) in [5, 5.41) is 3.57. The Bertz CT molecular complexity index is 1200. The second-order valence-electron chi connectivity index (χ2n) is 8.21. The fourth-order valence-electron chi connectivity index (χ4n) is 4.29. The zero-order chi connectivity index (χ0) is 22.5. The van der Waals surface area contributed by atoms with E-state index < -0.39 is 6.61 Å². The van der Waals surface area contributed by atoms with Gasteiger partial charge in [0.25, 0.3) is 0 Å². The van der Waals surface area contributed by atoms with Gasteiger partial charge in [-0.2, -0.15) is 8.78 Å². The fraction of sp³-hybridized carbons (Fsp3) is 0.286. The minimum atomic E-state index is -2.88. The number of hydrogen-bond acceptors (Lipinski definition) is 1. The standard InChI is InChI=1S/C28H27F3O/c1-2-3-4-5-6-7-19-8-14-23-21(18-19)11-15-26-25(23)17-16-24(27(26)29)20-9-12-22(13-10-20)32-28(30)31/h8-18,28H,2-7H2,1H3. The number of ether oxygens (including phenoxy) is 1. The molecule has 4 aromatic rings. The summed E-state index contributed by atoms with van der Waals surface area (Å²) in [5.74, 6) is -0.260. The minimum Gasteiger partial charge on any atom is -0.435 e. The molecule has 0 bridgehead atoms. The summed E-state index contributed by atoms with van der Waals surface area (Å²) in [6.45, 7) is -0.658. The van der Waals surface area contributed by atoms with Crippen LogP contribution in [0, 0.1) is 5.82 Å². The van der Waals surface area contributed by atoms with Gasteiger partial charge in [-0.25, -0.2) is 4.39 Å². The van der Waals surface area contributed by atoms with Crippen LogP contribution in [0.4, 0.5) is 13.2 Å². The van der Waals surface area contributed by atoms with Gasteiger partial charge >= 0.3 is 6.61 Å². The molecule has 32 heavy (non-hydrogen) atoms. The first-order valence-corrected chi connectivity index (χ1v) is 11.3. The highest BCUT2D eigenvalue weighted by molar-refractivity contribution is 6.08. The largest absolute Gasteiger partial charge is 0.435 e. The molecule has 0 aromatic heterocycles. The molecule has 0 amide bonds. The summed E-state index contributed by atoms with van der Waals surface area (Å²) in [6.07, 6.45) is 7.35. The molecule has 4 aromatic carbocycles. The van der Waals surface area contributed by atoms with Crippen LogP contribution in [0.2, 0.25) is 0 Å². The Morgan fingerprint density at radius 1 is 0.750 bits per heavy atom. The topological polar surface area (TPSA) is 9.23 Å². The number of aryl methyl sites for hydroxylation is 1. The van der Waals surface area contributed by atoms with E-state index in [9.17, 15) is 8.78 Å². The molecule has 0 saturated heterocycles. The zero-order valence-electron chi connectivity index (χ0n) is 18.2. The highest BCUT2D eigenvalue weighted by Crippen LogP contribution is 2.34. The van der Waals surface area contributed by atoms with E-state index in [0.29, 0.717) is 16.5 Å². The van der Waals surface area contributed by atoms with Crippen molar-refractivity contribution in [1.82, 2.24) is 0 Å². The van der Waals surface area contributed by atoms with Crippen LogP contribution < -0.4 is 4.74 Å². The van der Waals surface area contributed by atoms with Crippen molar-refractivity contribution in [3.8, 4) is 16.9 Å². The average molecular weight is 437 g/mol. The zero-order valence-corrected chi connectivity index (χ0v) is 18.2. The maximum absolute atomic E-state index is 15.4.